The number of halogens is 1. The van der Waals surface area contributed by atoms with Crippen molar-refractivity contribution in [1.82, 2.24) is 10.6 Å². The fraction of sp³-hybridized carbons (Fsp3) is 0.348. The smallest absolute Gasteiger partial charge is 0.252 e. The number of hydrogen-bond acceptors (Lipinski definition) is 3. The first kappa shape index (κ1) is 17.4. The highest BCUT2D eigenvalue weighted by atomic mass is 19.1. The molecule has 2 aromatic rings. The molecule has 0 aromatic heterocycles. The lowest BCUT2D eigenvalue weighted by Gasteiger charge is -2.19. The predicted molar refractivity (Wildman–Crippen MR) is 106 cm³/mol. The van der Waals surface area contributed by atoms with E-state index < -0.39 is 0 Å². The molecule has 28 heavy (non-hydrogen) atoms. The Morgan fingerprint density at radius 3 is 2.64 bits per heavy atom. The van der Waals surface area contributed by atoms with E-state index in [2.05, 4.69) is 10.6 Å². The third-order valence-electron chi connectivity index (χ3n) is 6.08. The van der Waals surface area contributed by atoms with Gasteiger partial charge in [-0.15, -0.1) is 0 Å². The molecule has 2 N–H and O–H groups in total. The van der Waals surface area contributed by atoms with E-state index in [4.69, 9.17) is 4.74 Å². The average molecular weight is 378 g/mol. The van der Waals surface area contributed by atoms with Crippen molar-refractivity contribution in [1.29, 1.82) is 0 Å². The maximum atomic E-state index is 13.4. The Bertz CT molecular complexity index is 952. The van der Waals surface area contributed by atoms with Crippen molar-refractivity contribution >= 4 is 11.5 Å². The number of ether oxygens (including phenoxy) is 1. The molecule has 0 saturated carbocycles. The molecule has 0 aliphatic carbocycles. The number of rotatable bonds is 4. The van der Waals surface area contributed by atoms with Gasteiger partial charge in [-0.25, -0.2) is 4.39 Å². The van der Waals surface area contributed by atoms with Gasteiger partial charge in [-0.1, -0.05) is 18.2 Å². The Balaban J connectivity index is 1.43. The van der Waals surface area contributed by atoms with E-state index in [1.807, 2.05) is 30.3 Å². The Labute approximate surface area is 163 Å². The minimum Gasteiger partial charge on any atom is -0.489 e. The van der Waals surface area contributed by atoms with E-state index >= 15 is 0 Å². The average Bonchev–Trinajstić information content (AvgIpc) is 3.24. The van der Waals surface area contributed by atoms with Crippen molar-refractivity contribution in [3.05, 3.63) is 70.5 Å². The number of carbonyl (C=O) groups excluding carboxylic acids is 1. The second-order valence-electron chi connectivity index (χ2n) is 7.93. The second-order valence-corrected chi connectivity index (χ2v) is 7.93. The van der Waals surface area contributed by atoms with Gasteiger partial charge in [-0.3, -0.25) is 4.79 Å². The van der Waals surface area contributed by atoms with Crippen LogP contribution in [0.1, 0.15) is 47.2 Å². The largest absolute Gasteiger partial charge is 0.489 e. The Kier molecular flexibility index (Phi) is 4.40. The highest BCUT2D eigenvalue weighted by Gasteiger charge is 2.30. The van der Waals surface area contributed by atoms with E-state index in [0.717, 1.165) is 24.0 Å². The summed E-state index contributed by atoms with van der Waals surface area (Å²) >= 11 is 0. The lowest BCUT2D eigenvalue weighted by Crippen LogP contribution is -2.27. The van der Waals surface area contributed by atoms with E-state index in [1.165, 1.54) is 36.1 Å². The molecule has 1 saturated heterocycles. The van der Waals surface area contributed by atoms with Crippen LogP contribution in [0.15, 0.2) is 48.0 Å². The zero-order valence-electron chi connectivity index (χ0n) is 15.6. The van der Waals surface area contributed by atoms with Gasteiger partial charge in [0, 0.05) is 24.2 Å². The summed E-state index contributed by atoms with van der Waals surface area (Å²) in [5.74, 6) is 0.457. The van der Waals surface area contributed by atoms with Crippen molar-refractivity contribution in [2.75, 3.05) is 6.61 Å². The first-order chi connectivity index (χ1) is 13.7. The molecule has 5 rings (SSSR count). The van der Waals surface area contributed by atoms with Crippen molar-refractivity contribution in [3.63, 3.8) is 0 Å². The summed E-state index contributed by atoms with van der Waals surface area (Å²) in [7, 11) is 0. The maximum absolute atomic E-state index is 13.4. The zero-order chi connectivity index (χ0) is 19.1. The summed E-state index contributed by atoms with van der Waals surface area (Å²) in [4.78, 5) is 11.9. The fourth-order valence-corrected chi connectivity index (χ4v) is 4.61. The molecule has 2 aromatic carbocycles. The third kappa shape index (κ3) is 3.31. The Hall–Kier alpha value is -2.66. The van der Waals surface area contributed by atoms with Crippen LogP contribution < -0.4 is 15.4 Å². The summed E-state index contributed by atoms with van der Waals surface area (Å²) in [6.07, 6.45) is 4.25. The van der Waals surface area contributed by atoms with Crippen molar-refractivity contribution < 1.29 is 13.9 Å². The van der Waals surface area contributed by atoms with Gasteiger partial charge in [0.1, 0.15) is 18.2 Å². The molecule has 0 radical (unpaired) electrons. The van der Waals surface area contributed by atoms with Gasteiger partial charge >= 0.3 is 0 Å². The van der Waals surface area contributed by atoms with Crippen molar-refractivity contribution in [2.45, 2.75) is 44.3 Å². The van der Waals surface area contributed by atoms with E-state index in [-0.39, 0.29) is 11.7 Å². The summed E-state index contributed by atoms with van der Waals surface area (Å²) in [6, 6.07) is 13.4. The van der Waals surface area contributed by atoms with Crippen LogP contribution in [0.2, 0.25) is 0 Å². The maximum Gasteiger partial charge on any atom is 0.252 e. The van der Waals surface area contributed by atoms with Gasteiger partial charge in [-0.2, -0.15) is 0 Å². The standard InChI is InChI=1S/C23H23FN2O2/c24-17-4-1-14(2-5-17)21-10-19-7-6-18(26-19)9-16(21)13-28-20-8-3-15-12-25-23(27)22(15)11-20/h1-5,8,11,18-19,26H,6-7,9-10,12-13H2,(H,25,27)/t18-,19+/m1/s1. The quantitative estimate of drug-likeness (QED) is 0.851. The van der Waals surface area contributed by atoms with Crippen LogP contribution in [-0.4, -0.2) is 24.6 Å². The predicted octanol–water partition coefficient (Wildman–Crippen LogP) is 3.82. The summed E-state index contributed by atoms with van der Waals surface area (Å²) in [6.45, 7) is 1.07. The number of carbonyl (C=O) groups is 1. The first-order valence-electron chi connectivity index (χ1n) is 9.92. The SMILES string of the molecule is O=C1NCc2ccc(OCC3=C(c4ccc(F)cc4)C[C@@H]4CC[C@H](C3)N4)cc21. The van der Waals surface area contributed by atoms with E-state index in [1.54, 1.807) is 0 Å². The second kappa shape index (κ2) is 7.06. The highest BCUT2D eigenvalue weighted by molar-refractivity contribution is 5.98. The molecule has 4 nitrogen and oxygen atoms in total. The molecular formula is C23H23FN2O2. The summed E-state index contributed by atoms with van der Waals surface area (Å²) in [5.41, 5.74) is 5.31. The molecule has 5 heteroatoms. The molecule has 2 atom stereocenters. The molecule has 3 heterocycles. The molecule has 1 amide bonds. The molecule has 3 aliphatic rings. The van der Waals surface area contributed by atoms with Crippen LogP contribution >= 0.6 is 0 Å². The molecule has 0 spiro atoms. The zero-order valence-corrected chi connectivity index (χ0v) is 15.6. The molecule has 3 aliphatic heterocycles. The summed E-state index contributed by atoms with van der Waals surface area (Å²) < 4.78 is 19.5. The fourth-order valence-electron chi connectivity index (χ4n) is 4.61. The number of benzene rings is 2. The molecule has 1 fully saturated rings. The molecule has 144 valence electrons. The van der Waals surface area contributed by atoms with Crippen LogP contribution in [0.4, 0.5) is 4.39 Å². The third-order valence-corrected chi connectivity index (χ3v) is 6.08. The van der Waals surface area contributed by atoms with Gasteiger partial charge in [0.05, 0.1) is 0 Å². The van der Waals surface area contributed by atoms with Crippen molar-refractivity contribution in [3.8, 4) is 5.75 Å². The number of fused-ring (bicyclic) bond motifs is 3. The van der Waals surface area contributed by atoms with Gasteiger partial charge in [0.2, 0.25) is 0 Å². The van der Waals surface area contributed by atoms with Gasteiger partial charge in [0.25, 0.3) is 5.91 Å². The van der Waals surface area contributed by atoms with Crippen LogP contribution in [0.5, 0.6) is 5.75 Å². The van der Waals surface area contributed by atoms with Crippen LogP contribution in [0.3, 0.4) is 0 Å². The minimum atomic E-state index is -0.216. The number of hydrogen-bond donors (Lipinski definition) is 2. The first-order valence-corrected chi connectivity index (χ1v) is 9.92. The molecular weight excluding hydrogens is 355 g/mol. The van der Waals surface area contributed by atoms with Crippen LogP contribution in [0, 0.1) is 5.82 Å². The lowest BCUT2D eigenvalue weighted by atomic mass is 9.89. The summed E-state index contributed by atoms with van der Waals surface area (Å²) in [5, 5.41) is 6.54. The van der Waals surface area contributed by atoms with E-state index in [9.17, 15) is 9.18 Å². The highest BCUT2D eigenvalue weighted by Crippen LogP contribution is 2.35. The number of amides is 1. The van der Waals surface area contributed by atoms with Gasteiger partial charge < -0.3 is 15.4 Å². The van der Waals surface area contributed by atoms with Crippen LogP contribution in [0.25, 0.3) is 5.57 Å². The monoisotopic (exact) mass is 378 g/mol. The molecule has 0 unspecified atom stereocenters. The van der Waals surface area contributed by atoms with E-state index in [0.29, 0.717) is 36.5 Å². The van der Waals surface area contributed by atoms with Gasteiger partial charge in [-0.05, 0) is 72.2 Å². The molecule has 2 bridgehead atoms. The topological polar surface area (TPSA) is 50.4 Å². The Morgan fingerprint density at radius 2 is 1.82 bits per heavy atom. The Morgan fingerprint density at radius 1 is 1.04 bits per heavy atom. The van der Waals surface area contributed by atoms with Crippen LogP contribution in [-0.2, 0) is 6.54 Å². The lowest BCUT2D eigenvalue weighted by molar-refractivity contribution is 0.0965. The van der Waals surface area contributed by atoms with Crippen molar-refractivity contribution in [2.24, 2.45) is 0 Å². The van der Waals surface area contributed by atoms with Gasteiger partial charge in [0.15, 0.2) is 0 Å². The normalized spacial score (nSPS) is 23.4. The minimum absolute atomic E-state index is 0.0392. The number of nitrogens with one attached hydrogen (secondary N) is 2.